The fourth-order valence-electron chi connectivity index (χ4n) is 5.38. The normalized spacial score (nSPS) is 22.7. The van der Waals surface area contributed by atoms with E-state index < -0.39 is 47.0 Å². The van der Waals surface area contributed by atoms with Crippen LogP contribution in [0.3, 0.4) is 0 Å². The van der Waals surface area contributed by atoms with Crippen LogP contribution in [-0.2, 0) is 9.59 Å². The van der Waals surface area contributed by atoms with Gasteiger partial charge in [0.15, 0.2) is 11.6 Å². The van der Waals surface area contributed by atoms with Gasteiger partial charge in [0.25, 0.3) is 11.8 Å². The summed E-state index contributed by atoms with van der Waals surface area (Å²) in [6, 6.07) is 6.91. The molecule has 3 atom stereocenters. The van der Waals surface area contributed by atoms with Gasteiger partial charge >= 0.3 is 0 Å². The van der Waals surface area contributed by atoms with E-state index in [9.17, 15) is 28.4 Å². The minimum Gasteiger partial charge on any atom is -0.473 e. The van der Waals surface area contributed by atoms with Crippen LogP contribution in [0, 0.1) is 28.9 Å². The van der Waals surface area contributed by atoms with Crippen LogP contribution in [0.15, 0.2) is 36.5 Å². The van der Waals surface area contributed by atoms with Gasteiger partial charge in [0.2, 0.25) is 11.5 Å². The number of amides is 3. The summed E-state index contributed by atoms with van der Waals surface area (Å²) >= 11 is 0. The van der Waals surface area contributed by atoms with Gasteiger partial charge in [0, 0.05) is 37.2 Å². The summed E-state index contributed by atoms with van der Waals surface area (Å²) in [6.45, 7) is -0.313. The monoisotopic (exact) mass is 534 g/mol. The van der Waals surface area contributed by atoms with Crippen LogP contribution >= 0.6 is 0 Å². The summed E-state index contributed by atoms with van der Waals surface area (Å²) in [5.74, 6) is -3.49. The number of benzene rings is 1. The van der Waals surface area contributed by atoms with Crippen molar-refractivity contribution in [2.45, 2.75) is 43.4 Å². The summed E-state index contributed by atoms with van der Waals surface area (Å²) in [6.07, 6.45) is 3.65. The molecule has 3 aliphatic rings. The van der Waals surface area contributed by atoms with E-state index in [1.807, 2.05) is 6.07 Å². The van der Waals surface area contributed by atoms with Gasteiger partial charge in [-0.05, 0) is 30.5 Å². The highest BCUT2D eigenvalue weighted by Crippen LogP contribution is 2.42. The Bertz CT molecular complexity index is 1530. The lowest BCUT2D eigenvalue weighted by molar-refractivity contribution is -0.138. The van der Waals surface area contributed by atoms with Gasteiger partial charge in [-0.25, -0.2) is 13.8 Å². The van der Waals surface area contributed by atoms with Crippen LogP contribution in [0.5, 0.6) is 5.75 Å². The van der Waals surface area contributed by atoms with E-state index in [1.165, 1.54) is 16.8 Å². The second-order valence-corrected chi connectivity index (χ2v) is 10.4. The molecule has 2 N–H and O–H groups in total. The number of likely N-dealkylation sites (tertiary alicyclic amines) is 1. The molecule has 0 bridgehead atoms. The molecule has 200 valence electrons. The Morgan fingerprint density at radius 2 is 2.13 bits per heavy atom. The summed E-state index contributed by atoms with van der Waals surface area (Å²) in [4.78, 5) is 50.3. The van der Waals surface area contributed by atoms with Crippen molar-refractivity contribution in [1.29, 1.82) is 5.26 Å². The predicted octanol–water partition coefficient (Wildman–Crippen LogP) is 2.98. The Morgan fingerprint density at radius 1 is 1.33 bits per heavy atom. The summed E-state index contributed by atoms with van der Waals surface area (Å²) in [5.41, 5.74) is -1.20. The molecule has 39 heavy (non-hydrogen) atoms. The van der Waals surface area contributed by atoms with Crippen molar-refractivity contribution < 1.29 is 27.9 Å². The molecule has 4 heterocycles. The largest absolute Gasteiger partial charge is 0.473 e. The average molecular weight is 535 g/mol. The van der Waals surface area contributed by atoms with Gasteiger partial charge < -0.3 is 24.8 Å². The summed E-state index contributed by atoms with van der Waals surface area (Å²) in [7, 11) is 1.53. The lowest BCUT2D eigenvalue weighted by Crippen LogP contribution is -2.55. The fourth-order valence-corrected chi connectivity index (χ4v) is 5.38. The van der Waals surface area contributed by atoms with E-state index in [0.29, 0.717) is 18.1 Å². The molecule has 1 saturated carbocycles. The van der Waals surface area contributed by atoms with Crippen LogP contribution in [0.1, 0.15) is 36.2 Å². The molecule has 1 saturated heterocycles. The van der Waals surface area contributed by atoms with E-state index in [4.69, 9.17) is 4.74 Å². The van der Waals surface area contributed by atoms with Gasteiger partial charge in [-0.3, -0.25) is 14.4 Å². The minimum absolute atomic E-state index is 0.194. The minimum atomic E-state index is -1.71. The van der Waals surface area contributed by atoms with Crippen LogP contribution in [0.25, 0.3) is 11.0 Å². The van der Waals surface area contributed by atoms with Crippen LogP contribution < -0.4 is 10.1 Å². The number of rotatable bonds is 5. The highest BCUT2D eigenvalue weighted by atomic mass is 19.1. The number of anilines is 1. The zero-order chi connectivity index (χ0) is 27.5. The Balaban J connectivity index is 1.28. The Morgan fingerprint density at radius 3 is 2.85 bits per heavy atom. The number of ether oxygens (including phenoxy) is 1. The van der Waals surface area contributed by atoms with Crippen LogP contribution in [0.4, 0.5) is 14.5 Å². The number of nitriles is 1. The maximum atomic E-state index is 14.2. The molecule has 1 spiro atoms. The van der Waals surface area contributed by atoms with Gasteiger partial charge in [0.05, 0.1) is 12.6 Å². The van der Waals surface area contributed by atoms with E-state index in [-0.39, 0.29) is 36.0 Å². The quantitative estimate of drug-likeness (QED) is 0.518. The number of fused-ring (bicyclic) bond motifs is 2. The Hall–Kier alpha value is -4.53. The number of nitrogens with one attached hydrogen (secondary N) is 2. The molecule has 12 heteroatoms. The molecule has 0 unspecified atom stereocenters. The smallest absolute Gasteiger partial charge is 0.270 e. The van der Waals surface area contributed by atoms with Crippen molar-refractivity contribution >= 4 is 34.4 Å². The van der Waals surface area contributed by atoms with Gasteiger partial charge in [-0.1, -0.05) is 12.8 Å². The van der Waals surface area contributed by atoms with Gasteiger partial charge in [-0.2, -0.15) is 5.26 Å². The summed E-state index contributed by atoms with van der Waals surface area (Å²) in [5, 5.41) is 13.1. The van der Waals surface area contributed by atoms with E-state index in [2.05, 4.69) is 21.4 Å². The SMILES string of the molecule is CN(C(=O)c1cc2cccnc2[nH]1)[C@@H](CC1CC1)C(=O)N1C[C@@]2(C[C@H]1C#N)Oc1cc(F)cc(F)c1NC2=O. The van der Waals surface area contributed by atoms with Gasteiger partial charge in [-0.15, -0.1) is 0 Å². The lowest BCUT2D eigenvalue weighted by atomic mass is 9.97. The Labute approximate surface area is 221 Å². The third-order valence-electron chi connectivity index (χ3n) is 7.68. The standard InChI is InChI=1S/C27H24F2N6O4/c1-34(24(36)19-8-15-3-2-6-31-23(15)32-19)20(7-14-4-5-14)25(37)35-13-27(11-17(35)12-30)26(38)33-22-18(29)9-16(28)10-21(22)39-27/h2-3,6,8-10,14,17,20H,4-5,7,11,13H2,1H3,(H,31,32)(H,33,38)/t17-,20-,27+/m0/s1. The zero-order valence-corrected chi connectivity index (χ0v) is 20.9. The number of aromatic amines is 1. The highest BCUT2D eigenvalue weighted by Gasteiger charge is 2.56. The number of hydrogen-bond donors (Lipinski definition) is 2. The second kappa shape index (κ2) is 9.04. The maximum Gasteiger partial charge on any atom is 0.270 e. The van der Waals surface area contributed by atoms with E-state index >= 15 is 0 Å². The second-order valence-electron chi connectivity index (χ2n) is 10.4. The number of halogens is 2. The van der Waals surface area contributed by atoms with Crippen molar-refractivity contribution in [2.24, 2.45) is 5.92 Å². The molecule has 2 aliphatic heterocycles. The molecular formula is C27H24F2N6O4. The number of pyridine rings is 1. The first-order valence-electron chi connectivity index (χ1n) is 12.6. The average Bonchev–Trinajstić information content (AvgIpc) is 3.50. The number of nitrogens with zero attached hydrogens (tertiary/aromatic N) is 4. The molecule has 10 nitrogen and oxygen atoms in total. The fraction of sp³-hybridized carbons (Fsp3) is 0.370. The van der Waals surface area contributed by atoms with Crippen molar-refractivity contribution in [2.75, 3.05) is 18.9 Å². The topological polar surface area (TPSA) is 131 Å². The number of H-pyrrole nitrogens is 1. The number of carbonyl (C=O) groups excluding carboxylic acids is 3. The lowest BCUT2D eigenvalue weighted by Gasteiger charge is -2.35. The predicted molar refractivity (Wildman–Crippen MR) is 133 cm³/mol. The molecule has 3 aromatic rings. The van der Waals surface area contributed by atoms with E-state index in [1.54, 1.807) is 18.3 Å². The number of carbonyl (C=O) groups is 3. The molecule has 6 rings (SSSR count). The third kappa shape index (κ3) is 4.24. The molecule has 1 aromatic carbocycles. The molecule has 1 aliphatic carbocycles. The molecule has 3 amide bonds. The maximum absolute atomic E-state index is 14.2. The van der Waals surface area contributed by atoms with E-state index in [0.717, 1.165) is 24.3 Å². The van der Waals surface area contributed by atoms with Crippen molar-refractivity contribution in [1.82, 2.24) is 19.8 Å². The zero-order valence-electron chi connectivity index (χ0n) is 20.9. The highest BCUT2D eigenvalue weighted by molar-refractivity contribution is 6.03. The number of aromatic nitrogens is 2. The van der Waals surface area contributed by atoms with Gasteiger partial charge in [0.1, 0.15) is 34.9 Å². The first-order chi connectivity index (χ1) is 18.7. The molecule has 2 fully saturated rings. The Kier molecular flexibility index (Phi) is 5.75. The molecule has 2 aromatic heterocycles. The molecule has 0 radical (unpaired) electrons. The number of hydrogen-bond acceptors (Lipinski definition) is 6. The van der Waals surface area contributed by atoms with Crippen molar-refractivity contribution in [3.8, 4) is 11.8 Å². The first-order valence-corrected chi connectivity index (χ1v) is 12.6. The van der Waals surface area contributed by atoms with Crippen LogP contribution in [-0.4, -0.2) is 68.8 Å². The third-order valence-corrected chi connectivity index (χ3v) is 7.68. The first kappa shape index (κ1) is 24.8. The summed E-state index contributed by atoms with van der Waals surface area (Å²) < 4.78 is 33.9. The van der Waals surface area contributed by atoms with Crippen molar-refractivity contribution in [3.63, 3.8) is 0 Å². The van der Waals surface area contributed by atoms with Crippen LogP contribution in [0.2, 0.25) is 0 Å². The van der Waals surface area contributed by atoms with Crippen molar-refractivity contribution in [3.05, 3.63) is 53.9 Å². The number of likely N-dealkylation sites (N-methyl/N-ethyl adjacent to an activating group) is 1. The molecular weight excluding hydrogens is 510 g/mol.